The fourth-order valence-electron chi connectivity index (χ4n) is 2.06. The maximum Gasteiger partial charge on any atom is 0.308 e. The molecule has 6 nitrogen and oxygen atoms in total. The highest BCUT2D eigenvalue weighted by atomic mass is 32.1. The van der Waals surface area contributed by atoms with Crippen LogP contribution in [0.15, 0.2) is 17.2 Å². The Morgan fingerprint density at radius 3 is 2.71 bits per heavy atom. The third kappa shape index (κ3) is 3.41. The van der Waals surface area contributed by atoms with Crippen molar-refractivity contribution in [1.29, 1.82) is 0 Å². The fourth-order valence-corrected chi connectivity index (χ4v) is 2.89. The number of amides is 1. The van der Waals surface area contributed by atoms with Crippen molar-refractivity contribution in [3.05, 3.63) is 38.2 Å². The molecular formula is C14H20N4O2S. The van der Waals surface area contributed by atoms with Gasteiger partial charge >= 0.3 is 4.87 Å². The molecule has 0 fully saturated rings. The van der Waals surface area contributed by atoms with Crippen LogP contribution < -0.4 is 10.2 Å². The summed E-state index contributed by atoms with van der Waals surface area (Å²) in [4.78, 5) is 24.7. The largest absolute Gasteiger partial charge is 0.348 e. The summed E-state index contributed by atoms with van der Waals surface area (Å²) in [6.07, 6.45) is 3.66. The molecule has 0 aliphatic rings. The molecule has 0 aliphatic heterocycles. The fraction of sp³-hybridized carbons (Fsp3) is 0.500. The highest BCUT2D eigenvalue weighted by Crippen LogP contribution is 2.12. The van der Waals surface area contributed by atoms with Crippen LogP contribution in [0.2, 0.25) is 0 Å². The number of hydrogen-bond donors (Lipinski definition) is 1. The van der Waals surface area contributed by atoms with Crippen molar-refractivity contribution in [3.8, 4) is 0 Å². The van der Waals surface area contributed by atoms with Crippen molar-refractivity contribution < 1.29 is 4.79 Å². The number of carbonyl (C=O) groups excluding carboxylic acids is 1. The molecule has 0 bridgehead atoms. The van der Waals surface area contributed by atoms with E-state index in [1.165, 1.54) is 15.9 Å². The molecule has 2 aromatic heterocycles. The predicted molar refractivity (Wildman–Crippen MR) is 82.5 cm³/mol. The van der Waals surface area contributed by atoms with Gasteiger partial charge in [0.25, 0.3) is 0 Å². The van der Waals surface area contributed by atoms with Gasteiger partial charge in [-0.25, -0.2) is 0 Å². The molecule has 2 aromatic rings. The SMILES string of the molecule is CCn1cc(C(C)NC(=O)Cn2c(C)c(C)sc2=O)cn1. The van der Waals surface area contributed by atoms with Gasteiger partial charge in [-0.3, -0.25) is 18.8 Å². The molecule has 1 unspecified atom stereocenters. The molecule has 0 saturated carbocycles. The zero-order valence-electron chi connectivity index (χ0n) is 12.7. The number of aryl methyl sites for hydroxylation is 2. The summed E-state index contributed by atoms with van der Waals surface area (Å²) in [5, 5.41) is 7.09. The lowest BCUT2D eigenvalue weighted by Crippen LogP contribution is -2.32. The Morgan fingerprint density at radius 1 is 1.48 bits per heavy atom. The second-order valence-corrected chi connectivity index (χ2v) is 6.18. The Labute approximate surface area is 127 Å². The van der Waals surface area contributed by atoms with Gasteiger partial charge in [0.15, 0.2) is 0 Å². The summed E-state index contributed by atoms with van der Waals surface area (Å²) < 4.78 is 3.33. The van der Waals surface area contributed by atoms with Crippen LogP contribution in [0.25, 0.3) is 0 Å². The third-order valence-corrected chi connectivity index (χ3v) is 4.53. The van der Waals surface area contributed by atoms with Crippen LogP contribution in [0.3, 0.4) is 0 Å². The lowest BCUT2D eigenvalue weighted by atomic mass is 10.2. The van der Waals surface area contributed by atoms with E-state index in [9.17, 15) is 9.59 Å². The Kier molecular flexibility index (Phi) is 4.62. The summed E-state index contributed by atoms with van der Waals surface area (Å²) in [5.74, 6) is -0.172. The molecule has 0 spiro atoms. The van der Waals surface area contributed by atoms with E-state index >= 15 is 0 Å². The molecule has 1 N–H and O–H groups in total. The minimum Gasteiger partial charge on any atom is -0.348 e. The highest BCUT2D eigenvalue weighted by Gasteiger charge is 2.15. The molecule has 0 saturated heterocycles. The molecule has 2 rings (SSSR count). The highest BCUT2D eigenvalue weighted by molar-refractivity contribution is 7.09. The minimum absolute atomic E-state index is 0.0568. The van der Waals surface area contributed by atoms with Crippen LogP contribution in [0, 0.1) is 13.8 Å². The number of nitrogens with one attached hydrogen (secondary N) is 1. The standard InChI is InChI=1S/C14H20N4O2S/c1-5-17-7-12(6-15-17)9(2)16-13(19)8-18-10(3)11(4)21-14(18)20/h6-7,9H,5,8H2,1-4H3,(H,16,19). The van der Waals surface area contributed by atoms with E-state index in [2.05, 4.69) is 10.4 Å². The number of hydrogen-bond acceptors (Lipinski definition) is 4. The Morgan fingerprint density at radius 2 is 2.19 bits per heavy atom. The van der Waals surface area contributed by atoms with Crippen molar-refractivity contribution >= 4 is 17.2 Å². The zero-order valence-corrected chi connectivity index (χ0v) is 13.5. The summed E-state index contributed by atoms with van der Waals surface area (Å²) >= 11 is 1.17. The Bertz CT molecular complexity index is 698. The van der Waals surface area contributed by atoms with E-state index in [4.69, 9.17) is 0 Å². The number of rotatable bonds is 5. The first-order valence-electron chi connectivity index (χ1n) is 6.91. The molecule has 1 amide bonds. The Balaban J connectivity index is 2.03. The van der Waals surface area contributed by atoms with Crippen molar-refractivity contribution in [2.24, 2.45) is 0 Å². The summed E-state index contributed by atoms with van der Waals surface area (Å²) in [6, 6.07) is -0.131. The van der Waals surface area contributed by atoms with Gasteiger partial charge in [-0.2, -0.15) is 5.10 Å². The normalized spacial score (nSPS) is 12.4. The van der Waals surface area contributed by atoms with Crippen molar-refractivity contribution in [1.82, 2.24) is 19.7 Å². The zero-order chi connectivity index (χ0) is 15.6. The van der Waals surface area contributed by atoms with E-state index in [0.717, 1.165) is 22.7 Å². The lowest BCUT2D eigenvalue weighted by molar-refractivity contribution is -0.122. The molecule has 114 valence electrons. The maximum absolute atomic E-state index is 12.1. The maximum atomic E-state index is 12.1. The van der Waals surface area contributed by atoms with Gasteiger partial charge in [-0.15, -0.1) is 0 Å². The first-order valence-corrected chi connectivity index (χ1v) is 7.72. The van der Waals surface area contributed by atoms with E-state index in [0.29, 0.717) is 0 Å². The van der Waals surface area contributed by atoms with Gasteiger partial charge < -0.3 is 5.32 Å². The van der Waals surface area contributed by atoms with Crippen LogP contribution in [-0.4, -0.2) is 20.3 Å². The number of aromatic nitrogens is 3. The smallest absolute Gasteiger partial charge is 0.308 e. The minimum atomic E-state index is -0.172. The lowest BCUT2D eigenvalue weighted by Gasteiger charge is -2.13. The topological polar surface area (TPSA) is 68.9 Å². The summed E-state index contributed by atoms with van der Waals surface area (Å²) in [6.45, 7) is 8.51. The predicted octanol–water partition coefficient (Wildman–Crippen LogP) is 1.62. The van der Waals surface area contributed by atoms with Crippen LogP contribution in [-0.2, 0) is 17.9 Å². The van der Waals surface area contributed by atoms with Gasteiger partial charge in [0.2, 0.25) is 5.91 Å². The van der Waals surface area contributed by atoms with Gasteiger partial charge in [0, 0.05) is 28.9 Å². The van der Waals surface area contributed by atoms with Crippen molar-refractivity contribution in [3.63, 3.8) is 0 Å². The summed E-state index contributed by atoms with van der Waals surface area (Å²) in [7, 11) is 0. The quantitative estimate of drug-likeness (QED) is 0.912. The molecular weight excluding hydrogens is 288 g/mol. The number of thiazole rings is 1. The van der Waals surface area contributed by atoms with E-state index in [1.807, 2.05) is 38.6 Å². The van der Waals surface area contributed by atoms with Gasteiger partial charge in [-0.05, 0) is 27.7 Å². The van der Waals surface area contributed by atoms with Gasteiger partial charge in [0.1, 0.15) is 6.54 Å². The van der Waals surface area contributed by atoms with Crippen LogP contribution >= 0.6 is 11.3 Å². The molecule has 1 atom stereocenters. The van der Waals surface area contributed by atoms with E-state index < -0.39 is 0 Å². The van der Waals surface area contributed by atoms with Crippen LogP contribution in [0.4, 0.5) is 0 Å². The first-order chi connectivity index (χ1) is 9.92. The molecule has 0 aromatic carbocycles. The van der Waals surface area contributed by atoms with Gasteiger partial charge in [0.05, 0.1) is 12.2 Å². The van der Waals surface area contributed by atoms with E-state index in [1.54, 1.807) is 6.20 Å². The first kappa shape index (κ1) is 15.5. The average molecular weight is 308 g/mol. The Hall–Kier alpha value is -1.89. The van der Waals surface area contributed by atoms with E-state index in [-0.39, 0.29) is 23.4 Å². The number of carbonyl (C=O) groups is 1. The molecule has 2 heterocycles. The van der Waals surface area contributed by atoms with Crippen LogP contribution in [0.5, 0.6) is 0 Å². The second-order valence-electron chi connectivity index (χ2n) is 5.01. The molecule has 0 aliphatic carbocycles. The molecule has 0 radical (unpaired) electrons. The second kappa shape index (κ2) is 6.26. The molecule has 7 heteroatoms. The van der Waals surface area contributed by atoms with Crippen molar-refractivity contribution in [2.75, 3.05) is 0 Å². The monoisotopic (exact) mass is 308 g/mol. The number of nitrogens with zero attached hydrogens (tertiary/aromatic N) is 3. The average Bonchev–Trinajstić information content (AvgIpc) is 3.00. The summed E-state index contributed by atoms with van der Waals surface area (Å²) in [5.41, 5.74) is 1.81. The third-order valence-electron chi connectivity index (χ3n) is 3.53. The van der Waals surface area contributed by atoms with Gasteiger partial charge in [-0.1, -0.05) is 11.3 Å². The molecule has 21 heavy (non-hydrogen) atoms. The van der Waals surface area contributed by atoms with Crippen LogP contribution in [0.1, 0.15) is 36.0 Å². The van der Waals surface area contributed by atoms with Crippen molar-refractivity contribution in [2.45, 2.75) is 46.8 Å².